The van der Waals surface area contributed by atoms with E-state index in [1.54, 1.807) is 0 Å². The first-order valence-electron chi connectivity index (χ1n) is 8.53. The summed E-state index contributed by atoms with van der Waals surface area (Å²) in [5.41, 5.74) is -0.316. The molecule has 11 heteroatoms. The van der Waals surface area contributed by atoms with Gasteiger partial charge in [-0.1, -0.05) is 23.7 Å². The van der Waals surface area contributed by atoms with Crippen LogP contribution in [0, 0.1) is 17.1 Å². The standard InChI is InChI=1S/C19H17ClFN3O5S/c1-23-30(27,28)13-7-8-15(20)14(11-13)19(26)29-12-18(25)24(10-4-9-22)17-6-3-2-5-16(17)21/h2-3,5-8,11,23H,4,10,12H2,1H3. The van der Waals surface area contributed by atoms with Crippen molar-refractivity contribution in [3.05, 3.63) is 58.9 Å². The number of carbonyl (C=O) groups excluding carboxylic acids is 2. The highest BCUT2D eigenvalue weighted by molar-refractivity contribution is 7.89. The summed E-state index contributed by atoms with van der Waals surface area (Å²) in [4.78, 5) is 25.7. The van der Waals surface area contributed by atoms with E-state index in [9.17, 15) is 22.4 Å². The summed E-state index contributed by atoms with van der Waals surface area (Å²) in [5.74, 6) is -2.47. The molecule has 0 radical (unpaired) electrons. The van der Waals surface area contributed by atoms with Crippen molar-refractivity contribution >= 4 is 39.2 Å². The molecule has 0 saturated heterocycles. The third-order valence-corrected chi connectivity index (χ3v) is 5.70. The molecule has 0 heterocycles. The van der Waals surface area contributed by atoms with Gasteiger partial charge in [-0.25, -0.2) is 22.3 Å². The Hall–Kier alpha value is -3.00. The fourth-order valence-electron chi connectivity index (χ4n) is 2.44. The molecule has 0 aliphatic carbocycles. The zero-order valence-corrected chi connectivity index (χ0v) is 17.3. The van der Waals surface area contributed by atoms with Crippen LogP contribution in [0.4, 0.5) is 10.1 Å². The van der Waals surface area contributed by atoms with Crippen molar-refractivity contribution in [3.63, 3.8) is 0 Å². The van der Waals surface area contributed by atoms with Crippen molar-refractivity contribution < 1.29 is 27.1 Å². The first-order chi connectivity index (χ1) is 14.2. The summed E-state index contributed by atoms with van der Waals surface area (Å²) in [6.45, 7) is -0.873. The van der Waals surface area contributed by atoms with Crippen molar-refractivity contribution in [1.29, 1.82) is 5.26 Å². The van der Waals surface area contributed by atoms with Crippen LogP contribution < -0.4 is 9.62 Å². The second-order valence-electron chi connectivity index (χ2n) is 5.83. The van der Waals surface area contributed by atoms with Crippen LogP contribution in [0.2, 0.25) is 5.02 Å². The van der Waals surface area contributed by atoms with Crippen LogP contribution in [-0.2, 0) is 19.6 Å². The van der Waals surface area contributed by atoms with Crippen molar-refractivity contribution in [2.24, 2.45) is 0 Å². The van der Waals surface area contributed by atoms with Crippen LogP contribution in [0.1, 0.15) is 16.8 Å². The van der Waals surface area contributed by atoms with Gasteiger partial charge in [0, 0.05) is 6.54 Å². The van der Waals surface area contributed by atoms with Crippen LogP contribution in [-0.4, -0.2) is 40.5 Å². The highest BCUT2D eigenvalue weighted by Gasteiger charge is 2.22. The van der Waals surface area contributed by atoms with Gasteiger partial charge < -0.3 is 9.64 Å². The normalized spacial score (nSPS) is 10.9. The molecule has 2 rings (SSSR count). The van der Waals surface area contributed by atoms with Crippen LogP contribution in [0.5, 0.6) is 0 Å². The minimum absolute atomic E-state index is 0.0612. The molecule has 0 aliphatic heterocycles. The number of rotatable bonds is 8. The molecule has 1 N–H and O–H groups in total. The third-order valence-electron chi connectivity index (χ3n) is 3.96. The molecule has 2 aromatic carbocycles. The topological polar surface area (TPSA) is 117 Å². The minimum atomic E-state index is -3.83. The number of carbonyl (C=O) groups is 2. The molecule has 0 atom stereocenters. The minimum Gasteiger partial charge on any atom is -0.452 e. The Morgan fingerprint density at radius 3 is 2.60 bits per heavy atom. The first-order valence-corrected chi connectivity index (χ1v) is 10.4. The van der Waals surface area contributed by atoms with Gasteiger partial charge in [0.25, 0.3) is 5.91 Å². The Labute approximate surface area is 177 Å². The number of nitrogens with one attached hydrogen (secondary N) is 1. The van der Waals surface area contributed by atoms with E-state index in [0.717, 1.165) is 17.0 Å². The van der Waals surface area contributed by atoms with E-state index >= 15 is 0 Å². The number of nitrogens with zero attached hydrogens (tertiary/aromatic N) is 2. The highest BCUT2D eigenvalue weighted by atomic mass is 35.5. The summed E-state index contributed by atoms with van der Waals surface area (Å²) in [7, 11) is -2.62. The van der Waals surface area contributed by atoms with Crippen LogP contribution in [0.25, 0.3) is 0 Å². The molecule has 1 amide bonds. The van der Waals surface area contributed by atoms with Gasteiger partial charge in [-0.3, -0.25) is 4.79 Å². The summed E-state index contributed by atoms with van der Waals surface area (Å²) in [6.07, 6.45) is -0.0657. The number of hydrogen-bond acceptors (Lipinski definition) is 6. The van der Waals surface area contributed by atoms with Crippen LogP contribution in [0.3, 0.4) is 0 Å². The molecule has 8 nitrogen and oxygen atoms in total. The molecule has 2 aromatic rings. The Bertz CT molecular complexity index is 1100. The predicted octanol–water partition coefficient (Wildman–Crippen LogP) is 2.49. The molecule has 0 bridgehead atoms. The van der Waals surface area contributed by atoms with E-state index in [1.165, 1.54) is 37.4 Å². The Morgan fingerprint density at radius 2 is 1.97 bits per heavy atom. The second kappa shape index (κ2) is 10.2. The van der Waals surface area contributed by atoms with Gasteiger partial charge in [0.15, 0.2) is 6.61 Å². The molecular formula is C19H17ClFN3O5S. The SMILES string of the molecule is CNS(=O)(=O)c1ccc(Cl)c(C(=O)OCC(=O)N(CCC#N)c2ccccc2F)c1. The quantitative estimate of drug-likeness (QED) is 0.614. The molecule has 0 saturated carbocycles. The van der Waals surface area contributed by atoms with E-state index in [0.29, 0.717) is 0 Å². The van der Waals surface area contributed by atoms with Gasteiger partial charge in [-0.05, 0) is 37.4 Å². The number of amides is 1. The number of para-hydroxylation sites is 1. The molecule has 158 valence electrons. The Balaban J connectivity index is 2.20. The smallest absolute Gasteiger partial charge is 0.340 e. The number of halogens is 2. The lowest BCUT2D eigenvalue weighted by atomic mass is 10.2. The first kappa shape index (κ1) is 23.3. The van der Waals surface area contributed by atoms with Gasteiger partial charge in [-0.15, -0.1) is 0 Å². The number of anilines is 1. The van der Waals surface area contributed by atoms with Crippen molar-refractivity contribution in [1.82, 2.24) is 4.72 Å². The largest absolute Gasteiger partial charge is 0.452 e. The van der Waals surface area contributed by atoms with Crippen molar-refractivity contribution in [2.45, 2.75) is 11.3 Å². The van der Waals surface area contributed by atoms with E-state index in [1.807, 2.05) is 6.07 Å². The second-order valence-corrected chi connectivity index (χ2v) is 8.12. The summed E-state index contributed by atoms with van der Waals surface area (Å²) < 4.78 is 44.9. The number of sulfonamides is 1. The Morgan fingerprint density at radius 1 is 1.27 bits per heavy atom. The molecule has 0 aliphatic rings. The summed E-state index contributed by atoms with van der Waals surface area (Å²) in [6, 6.07) is 10.8. The van der Waals surface area contributed by atoms with Gasteiger partial charge in [-0.2, -0.15) is 5.26 Å². The molecule has 30 heavy (non-hydrogen) atoms. The van der Waals surface area contributed by atoms with Gasteiger partial charge in [0.1, 0.15) is 5.82 Å². The maximum Gasteiger partial charge on any atom is 0.340 e. The number of esters is 1. The van der Waals surface area contributed by atoms with Crippen molar-refractivity contribution in [3.8, 4) is 6.07 Å². The fraction of sp³-hybridized carbons (Fsp3) is 0.211. The lowest BCUT2D eigenvalue weighted by Gasteiger charge is -2.22. The van der Waals surface area contributed by atoms with Crippen molar-refractivity contribution in [2.75, 3.05) is 25.1 Å². The average Bonchev–Trinajstić information content (AvgIpc) is 2.73. The van der Waals surface area contributed by atoms with E-state index in [-0.39, 0.29) is 34.1 Å². The molecular weight excluding hydrogens is 437 g/mol. The highest BCUT2D eigenvalue weighted by Crippen LogP contribution is 2.22. The maximum absolute atomic E-state index is 14.1. The predicted molar refractivity (Wildman–Crippen MR) is 107 cm³/mol. The third kappa shape index (κ3) is 5.54. The molecule has 0 fully saturated rings. The summed E-state index contributed by atoms with van der Waals surface area (Å²) in [5, 5.41) is 8.72. The zero-order valence-electron chi connectivity index (χ0n) is 15.8. The van der Waals surface area contributed by atoms with E-state index in [2.05, 4.69) is 4.72 Å². The summed E-state index contributed by atoms with van der Waals surface area (Å²) >= 11 is 5.95. The molecule has 0 spiro atoms. The molecule has 0 aromatic heterocycles. The Kier molecular flexibility index (Phi) is 7.88. The lowest BCUT2D eigenvalue weighted by molar-refractivity contribution is -0.121. The van der Waals surface area contributed by atoms with Crippen LogP contribution >= 0.6 is 11.6 Å². The lowest BCUT2D eigenvalue weighted by Crippen LogP contribution is -2.36. The van der Waals surface area contributed by atoms with Gasteiger partial charge >= 0.3 is 5.97 Å². The maximum atomic E-state index is 14.1. The monoisotopic (exact) mass is 453 g/mol. The number of ether oxygens (including phenoxy) is 1. The number of hydrogen-bond donors (Lipinski definition) is 1. The zero-order chi connectivity index (χ0) is 22.3. The fourth-order valence-corrected chi connectivity index (χ4v) is 3.39. The van der Waals surface area contributed by atoms with Gasteiger partial charge in [0.2, 0.25) is 10.0 Å². The number of nitriles is 1. The average molecular weight is 454 g/mol. The molecule has 0 unspecified atom stereocenters. The van der Waals surface area contributed by atoms with E-state index < -0.39 is 34.3 Å². The number of benzene rings is 2. The van der Waals surface area contributed by atoms with Gasteiger partial charge in [0.05, 0.1) is 33.7 Å². The van der Waals surface area contributed by atoms with Crippen LogP contribution in [0.15, 0.2) is 47.4 Å². The van der Waals surface area contributed by atoms with E-state index in [4.69, 9.17) is 21.6 Å².